The molecule has 2 aromatic heterocycles. The SMILES string of the molecule is Clc1cccc2[nH]ccc12.O=C(CC(C(=O)O)c1c[nH]c2cccc(Cl)c12)c1ccc(F)cc1F.O=CO/C=C/C(=O)c1ccc(F)cc1F. The number of carbonyl (C=O) groups excluding carboxylic acids is 3. The molecule has 14 heteroatoms. The molecule has 1 unspecified atom stereocenters. The van der Waals surface area contributed by atoms with Crippen LogP contribution < -0.4 is 0 Å². The lowest BCUT2D eigenvalue weighted by molar-refractivity contribution is -0.138. The summed E-state index contributed by atoms with van der Waals surface area (Å²) < 4.78 is 56.3. The summed E-state index contributed by atoms with van der Waals surface area (Å²) in [7, 11) is 0. The smallest absolute Gasteiger partial charge is 0.311 e. The maximum atomic E-state index is 13.8. The summed E-state index contributed by atoms with van der Waals surface area (Å²) in [4.78, 5) is 51.0. The molecule has 0 saturated carbocycles. The molecule has 3 N–H and O–H groups in total. The second-order valence-corrected chi connectivity index (χ2v) is 11.1. The number of rotatable bonds is 9. The number of hydrogen-bond acceptors (Lipinski definition) is 5. The van der Waals surface area contributed by atoms with Crippen molar-refractivity contribution in [2.75, 3.05) is 0 Å². The van der Waals surface area contributed by atoms with Crippen LogP contribution in [0.5, 0.6) is 0 Å². The number of halogens is 6. The van der Waals surface area contributed by atoms with Gasteiger partial charge in [0.1, 0.15) is 23.3 Å². The van der Waals surface area contributed by atoms with Crippen LogP contribution in [0.15, 0.2) is 104 Å². The van der Waals surface area contributed by atoms with Gasteiger partial charge in [-0.1, -0.05) is 35.3 Å². The number of carboxylic acids is 1. The Kier molecular flexibility index (Phi) is 12.7. The largest absolute Gasteiger partial charge is 0.481 e. The molecule has 0 spiro atoms. The van der Waals surface area contributed by atoms with Crippen molar-refractivity contribution >= 4 is 69.0 Å². The van der Waals surface area contributed by atoms with Crippen molar-refractivity contribution < 1.29 is 46.6 Å². The van der Waals surface area contributed by atoms with E-state index in [4.69, 9.17) is 23.2 Å². The summed E-state index contributed by atoms with van der Waals surface area (Å²) in [5.74, 6) is -7.46. The van der Waals surface area contributed by atoms with Gasteiger partial charge >= 0.3 is 5.97 Å². The van der Waals surface area contributed by atoms with Gasteiger partial charge in [-0.2, -0.15) is 0 Å². The van der Waals surface area contributed by atoms with Crippen molar-refractivity contribution in [3.05, 3.63) is 154 Å². The number of ether oxygens (including phenoxy) is 1. The molecule has 0 aliphatic carbocycles. The zero-order chi connectivity index (χ0) is 36.4. The third-order valence-corrected chi connectivity index (χ3v) is 7.72. The predicted octanol–water partition coefficient (Wildman–Crippen LogP) is 9.20. The molecule has 4 aromatic carbocycles. The molecule has 2 heterocycles. The molecule has 0 bridgehead atoms. The highest BCUT2D eigenvalue weighted by atomic mass is 35.5. The maximum Gasteiger partial charge on any atom is 0.311 e. The minimum atomic E-state index is -1.24. The number of aromatic amines is 2. The molecule has 8 nitrogen and oxygen atoms in total. The number of aromatic nitrogens is 2. The van der Waals surface area contributed by atoms with Crippen LogP contribution in [0.1, 0.15) is 38.6 Å². The van der Waals surface area contributed by atoms with E-state index >= 15 is 0 Å². The summed E-state index contributed by atoms with van der Waals surface area (Å²) in [6.45, 7) is 0.116. The van der Waals surface area contributed by atoms with Crippen molar-refractivity contribution in [1.29, 1.82) is 0 Å². The Morgan fingerprint density at radius 3 is 2.02 bits per heavy atom. The van der Waals surface area contributed by atoms with Crippen LogP contribution >= 0.6 is 23.2 Å². The van der Waals surface area contributed by atoms with Crippen molar-refractivity contribution in [2.24, 2.45) is 0 Å². The van der Waals surface area contributed by atoms with Crippen molar-refractivity contribution in [2.45, 2.75) is 12.3 Å². The van der Waals surface area contributed by atoms with E-state index < -0.39 is 53.1 Å². The number of aliphatic carboxylic acids is 1. The summed E-state index contributed by atoms with van der Waals surface area (Å²) in [6, 6.07) is 18.0. The van der Waals surface area contributed by atoms with Crippen LogP contribution in [-0.2, 0) is 14.3 Å². The van der Waals surface area contributed by atoms with Gasteiger partial charge in [0.15, 0.2) is 11.6 Å². The zero-order valence-electron chi connectivity index (χ0n) is 25.4. The van der Waals surface area contributed by atoms with Gasteiger partial charge in [0, 0.05) is 63.9 Å². The Hall–Kier alpha value is -5.72. The number of Topliss-reactive ketones (excluding diaryl/α,β-unsaturated/α-hetero) is 1. The third kappa shape index (κ3) is 9.24. The molecular formula is C36H24Cl2F4N2O6. The molecular weight excluding hydrogens is 703 g/mol. The van der Waals surface area contributed by atoms with Crippen LogP contribution in [0, 0.1) is 23.3 Å². The van der Waals surface area contributed by atoms with Crippen molar-refractivity contribution in [3.8, 4) is 0 Å². The first-order valence-electron chi connectivity index (χ1n) is 14.3. The third-order valence-electron chi connectivity index (χ3n) is 7.07. The Balaban J connectivity index is 0.000000189. The number of ketones is 2. The van der Waals surface area contributed by atoms with Crippen LogP contribution in [0.25, 0.3) is 21.8 Å². The standard InChI is InChI=1S/C18H12ClF2NO3.C10H6F2O3.C8H6ClN/c19-13-2-1-3-15-17(13)12(8-22-15)11(18(24)25)7-16(23)10-5-4-9(20)6-14(10)21;11-7-1-2-8(9(12)5-7)10(14)3-4-15-6-13;9-7-2-1-3-8-6(7)4-5-10-8/h1-6,8,11,22H,7H2,(H,24,25);1-6H;1-5,10H/b;4-3+;. The predicted molar refractivity (Wildman–Crippen MR) is 179 cm³/mol. The van der Waals surface area contributed by atoms with Gasteiger partial charge in [0.25, 0.3) is 6.47 Å². The van der Waals surface area contributed by atoms with Crippen LogP contribution in [-0.4, -0.2) is 39.1 Å². The highest BCUT2D eigenvalue weighted by Gasteiger charge is 2.28. The minimum absolute atomic E-state index is 0.116. The zero-order valence-corrected chi connectivity index (χ0v) is 26.9. The maximum absolute atomic E-state index is 13.8. The fraction of sp³-hybridized carbons (Fsp3) is 0.0556. The average molecular weight is 727 g/mol. The van der Waals surface area contributed by atoms with E-state index in [1.807, 2.05) is 30.5 Å². The molecule has 0 aliphatic heterocycles. The first kappa shape index (κ1) is 37.1. The molecule has 6 rings (SSSR count). The topological polar surface area (TPSA) is 129 Å². The number of carbonyl (C=O) groups is 4. The van der Waals surface area contributed by atoms with Gasteiger partial charge in [-0.3, -0.25) is 19.2 Å². The number of H-pyrrole nitrogens is 2. The number of fused-ring (bicyclic) bond motifs is 2. The molecule has 6 aromatic rings. The number of carboxylic acid groups (broad SMARTS) is 1. The average Bonchev–Trinajstić information content (AvgIpc) is 3.73. The number of hydrogen-bond donors (Lipinski definition) is 3. The first-order chi connectivity index (χ1) is 23.9. The Labute approximate surface area is 290 Å². The number of nitrogens with one attached hydrogen (secondary N) is 2. The highest BCUT2D eigenvalue weighted by Crippen LogP contribution is 2.34. The second-order valence-electron chi connectivity index (χ2n) is 10.3. The first-order valence-corrected chi connectivity index (χ1v) is 15.1. The van der Waals surface area contributed by atoms with E-state index in [0.29, 0.717) is 33.6 Å². The number of allylic oxidation sites excluding steroid dienone is 1. The lowest BCUT2D eigenvalue weighted by atomic mass is 9.91. The summed E-state index contributed by atoms with van der Waals surface area (Å²) >= 11 is 12.0. The quantitative estimate of drug-likeness (QED) is 0.0448. The van der Waals surface area contributed by atoms with E-state index in [-0.39, 0.29) is 17.6 Å². The van der Waals surface area contributed by atoms with Crippen LogP contribution in [0.2, 0.25) is 10.0 Å². The van der Waals surface area contributed by atoms with Gasteiger partial charge in [0.05, 0.1) is 28.3 Å². The molecule has 0 radical (unpaired) electrons. The molecule has 1 atom stereocenters. The van der Waals surface area contributed by atoms with E-state index in [1.165, 1.54) is 6.20 Å². The Bertz CT molecular complexity index is 2220. The van der Waals surface area contributed by atoms with Gasteiger partial charge in [-0.05, 0) is 60.2 Å². The molecule has 256 valence electrons. The van der Waals surface area contributed by atoms with Crippen molar-refractivity contribution in [1.82, 2.24) is 9.97 Å². The number of benzene rings is 4. The molecule has 0 fully saturated rings. The van der Waals surface area contributed by atoms with E-state index in [2.05, 4.69) is 14.7 Å². The van der Waals surface area contributed by atoms with Gasteiger partial charge in [-0.25, -0.2) is 17.6 Å². The Morgan fingerprint density at radius 1 is 0.800 bits per heavy atom. The van der Waals surface area contributed by atoms with Gasteiger partial charge in [0.2, 0.25) is 0 Å². The molecule has 0 amide bonds. The highest BCUT2D eigenvalue weighted by molar-refractivity contribution is 6.36. The molecule has 0 aliphatic rings. The van der Waals surface area contributed by atoms with Gasteiger partial charge in [-0.15, -0.1) is 0 Å². The van der Waals surface area contributed by atoms with E-state index in [0.717, 1.165) is 52.5 Å². The van der Waals surface area contributed by atoms with Crippen molar-refractivity contribution in [3.63, 3.8) is 0 Å². The fourth-order valence-electron chi connectivity index (χ4n) is 4.74. The fourth-order valence-corrected chi connectivity index (χ4v) is 5.26. The van der Waals surface area contributed by atoms with Gasteiger partial charge < -0.3 is 19.8 Å². The Morgan fingerprint density at radius 2 is 1.42 bits per heavy atom. The molecule has 50 heavy (non-hydrogen) atoms. The lowest BCUT2D eigenvalue weighted by Gasteiger charge is -2.12. The minimum Gasteiger partial charge on any atom is -0.481 e. The van der Waals surface area contributed by atoms with Crippen LogP contribution in [0.3, 0.4) is 0 Å². The van der Waals surface area contributed by atoms with E-state index in [9.17, 15) is 41.8 Å². The lowest BCUT2D eigenvalue weighted by Crippen LogP contribution is -2.17. The summed E-state index contributed by atoms with van der Waals surface area (Å²) in [5.41, 5.74) is 1.42. The molecule has 0 saturated heterocycles. The monoisotopic (exact) mass is 726 g/mol. The van der Waals surface area contributed by atoms with Crippen LogP contribution in [0.4, 0.5) is 17.6 Å². The normalized spacial score (nSPS) is 11.3. The summed E-state index contributed by atoms with van der Waals surface area (Å²) in [5, 5.41) is 12.3. The summed E-state index contributed by atoms with van der Waals surface area (Å²) in [6.07, 6.45) is 4.57. The van der Waals surface area contributed by atoms with E-state index in [1.54, 1.807) is 18.2 Å². The second kappa shape index (κ2) is 17.1.